The van der Waals surface area contributed by atoms with Crippen LogP contribution in [-0.4, -0.2) is 24.4 Å². The summed E-state index contributed by atoms with van der Waals surface area (Å²) in [7, 11) is 0. The van der Waals surface area contributed by atoms with Crippen LogP contribution in [-0.2, 0) is 9.53 Å². The molecule has 0 aliphatic heterocycles. The van der Waals surface area contributed by atoms with Gasteiger partial charge in [-0.2, -0.15) is 12.6 Å². The maximum absolute atomic E-state index is 11.4. The van der Waals surface area contributed by atoms with Crippen molar-refractivity contribution < 1.29 is 9.53 Å². The fraction of sp³-hybridized carbons (Fsp3) is 0.364. The smallest absolute Gasteiger partial charge is 0.329 e. The Morgan fingerprint density at radius 2 is 2.13 bits per heavy atom. The average molecular weight is 225 g/mol. The molecule has 1 N–H and O–H groups in total. The van der Waals surface area contributed by atoms with E-state index in [9.17, 15) is 4.79 Å². The Hall–Kier alpha value is -1.16. The first-order valence-corrected chi connectivity index (χ1v) is 5.50. The first-order valence-electron chi connectivity index (χ1n) is 4.87. The topological polar surface area (TPSA) is 38.3 Å². The zero-order valence-electron chi connectivity index (χ0n) is 8.64. The van der Waals surface area contributed by atoms with E-state index in [1.165, 1.54) is 0 Å². The molecule has 1 aromatic carbocycles. The SMILES string of the molecule is CCOC(=O)C(CS)Nc1ccccc1. The molecule has 0 bridgehead atoms. The Bertz CT molecular complexity index is 303. The lowest BCUT2D eigenvalue weighted by Gasteiger charge is -2.15. The molecule has 0 radical (unpaired) electrons. The van der Waals surface area contributed by atoms with Crippen LogP contribution in [0.4, 0.5) is 5.69 Å². The molecule has 0 spiro atoms. The second-order valence-electron chi connectivity index (χ2n) is 3.00. The molecule has 0 fully saturated rings. The summed E-state index contributed by atoms with van der Waals surface area (Å²) in [6.45, 7) is 2.18. The quantitative estimate of drug-likeness (QED) is 0.594. The number of benzene rings is 1. The zero-order valence-corrected chi connectivity index (χ0v) is 9.54. The van der Waals surface area contributed by atoms with Gasteiger partial charge in [0.2, 0.25) is 0 Å². The fourth-order valence-electron chi connectivity index (χ4n) is 1.16. The van der Waals surface area contributed by atoms with E-state index in [4.69, 9.17) is 4.74 Å². The molecule has 0 amide bonds. The van der Waals surface area contributed by atoms with E-state index < -0.39 is 6.04 Å². The standard InChI is InChI=1S/C11H15NO2S/c1-2-14-11(13)10(8-15)12-9-6-4-3-5-7-9/h3-7,10,12,15H,2,8H2,1H3. The van der Waals surface area contributed by atoms with Crippen LogP contribution in [0.5, 0.6) is 0 Å². The molecule has 3 nitrogen and oxygen atoms in total. The first kappa shape index (κ1) is 11.9. The van der Waals surface area contributed by atoms with Gasteiger partial charge in [-0.15, -0.1) is 0 Å². The van der Waals surface area contributed by atoms with Gasteiger partial charge in [0.1, 0.15) is 6.04 Å². The van der Waals surface area contributed by atoms with Gasteiger partial charge in [0.25, 0.3) is 0 Å². The molecule has 0 aliphatic carbocycles. The Morgan fingerprint density at radius 3 is 2.67 bits per heavy atom. The lowest BCUT2D eigenvalue weighted by Crippen LogP contribution is -2.33. The van der Waals surface area contributed by atoms with Crippen LogP contribution in [0, 0.1) is 0 Å². The van der Waals surface area contributed by atoms with Gasteiger partial charge >= 0.3 is 5.97 Å². The minimum Gasteiger partial charge on any atom is -0.464 e. The maximum Gasteiger partial charge on any atom is 0.329 e. The van der Waals surface area contributed by atoms with Crippen LogP contribution >= 0.6 is 12.6 Å². The van der Waals surface area contributed by atoms with Crippen LogP contribution in [0.3, 0.4) is 0 Å². The Labute approximate surface area is 95.2 Å². The monoisotopic (exact) mass is 225 g/mol. The first-order chi connectivity index (χ1) is 7.27. The van der Waals surface area contributed by atoms with Gasteiger partial charge in [-0.25, -0.2) is 4.79 Å². The van der Waals surface area contributed by atoms with Crippen LogP contribution < -0.4 is 5.32 Å². The summed E-state index contributed by atoms with van der Waals surface area (Å²) >= 11 is 4.11. The number of esters is 1. The minimum atomic E-state index is -0.393. The van der Waals surface area contributed by atoms with Gasteiger partial charge in [0.05, 0.1) is 6.61 Å². The Morgan fingerprint density at radius 1 is 1.47 bits per heavy atom. The maximum atomic E-state index is 11.4. The highest BCUT2D eigenvalue weighted by Gasteiger charge is 2.17. The summed E-state index contributed by atoms with van der Waals surface area (Å²) in [5.74, 6) is 0.143. The molecule has 1 aromatic rings. The number of carbonyl (C=O) groups is 1. The lowest BCUT2D eigenvalue weighted by atomic mass is 10.2. The van der Waals surface area contributed by atoms with Crippen LogP contribution in [0.15, 0.2) is 30.3 Å². The van der Waals surface area contributed by atoms with Crippen molar-refractivity contribution in [2.45, 2.75) is 13.0 Å². The second kappa shape index (κ2) is 6.35. The molecule has 1 unspecified atom stereocenters. The molecule has 1 rings (SSSR count). The van der Waals surface area contributed by atoms with Crippen LogP contribution in [0.25, 0.3) is 0 Å². The Balaban J connectivity index is 2.58. The van der Waals surface area contributed by atoms with Gasteiger partial charge < -0.3 is 10.1 Å². The van der Waals surface area contributed by atoms with Crippen molar-refractivity contribution >= 4 is 24.3 Å². The molecule has 4 heteroatoms. The van der Waals surface area contributed by atoms with E-state index in [0.717, 1.165) is 5.69 Å². The van der Waals surface area contributed by atoms with Gasteiger partial charge in [0, 0.05) is 11.4 Å². The number of rotatable bonds is 5. The summed E-state index contributed by atoms with van der Waals surface area (Å²) in [4.78, 5) is 11.4. The number of nitrogens with one attached hydrogen (secondary N) is 1. The van der Waals surface area contributed by atoms with Crippen molar-refractivity contribution in [1.82, 2.24) is 0 Å². The van der Waals surface area contributed by atoms with E-state index in [-0.39, 0.29) is 5.97 Å². The van der Waals surface area contributed by atoms with Gasteiger partial charge in [0.15, 0.2) is 0 Å². The van der Waals surface area contributed by atoms with Crippen molar-refractivity contribution in [3.63, 3.8) is 0 Å². The van der Waals surface area contributed by atoms with E-state index in [1.807, 2.05) is 30.3 Å². The molecule has 0 heterocycles. The van der Waals surface area contributed by atoms with E-state index >= 15 is 0 Å². The highest BCUT2D eigenvalue weighted by molar-refractivity contribution is 7.80. The van der Waals surface area contributed by atoms with Crippen LogP contribution in [0.2, 0.25) is 0 Å². The molecular weight excluding hydrogens is 210 g/mol. The van der Waals surface area contributed by atoms with E-state index in [2.05, 4.69) is 17.9 Å². The van der Waals surface area contributed by atoms with Crippen molar-refractivity contribution in [3.05, 3.63) is 30.3 Å². The second-order valence-corrected chi connectivity index (χ2v) is 3.36. The molecule has 0 aliphatic rings. The lowest BCUT2D eigenvalue weighted by molar-refractivity contribution is -0.143. The van der Waals surface area contributed by atoms with E-state index in [0.29, 0.717) is 12.4 Å². The largest absolute Gasteiger partial charge is 0.464 e. The van der Waals surface area contributed by atoms with Gasteiger partial charge in [-0.1, -0.05) is 18.2 Å². The summed E-state index contributed by atoms with van der Waals surface area (Å²) in [5.41, 5.74) is 0.893. The highest BCUT2D eigenvalue weighted by Crippen LogP contribution is 2.08. The predicted molar refractivity (Wildman–Crippen MR) is 64.3 cm³/mol. The third kappa shape index (κ3) is 3.83. The van der Waals surface area contributed by atoms with Crippen molar-refractivity contribution in [2.75, 3.05) is 17.7 Å². The molecule has 0 saturated heterocycles. The number of thiol groups is 1. The predicted octanol–water partition coefficient (Wildman–Crippen LogP) is 1.96. The fourth-order valence-corrected chi connectivity index (χ4v) is 1.40. The Kier molecular flexibility index (Phi) is 5.04. The summed E-state index contributed by atoms with van der Waals surface area (Å²) in [5, 5.41) is 3.06. The number of carbonyl (C=O) groups excluding carboxylic acids is 1. The molecule has 0 saturated carbocycles. The molecule has 82 valence electrons. The molecule has 15 heavy (non-hydrogen) atoms. The number of ether oxygens (including phenoxy) is 1. The van der Waals surface area contributed by atoms with E-state index in [1.54, 1.807) is 6.92 Å². The van der Waals surface area contributed by atoms with Crippen molar-refractivity contribution in [3.8, 4) is 0 Å². The van der Waals surface area contributed by atoms with Gasteiger partial charge in [-0.05, 0) is 19.1 Å². The van der Waals surface area contributed by atoms with Crippen LogP contribution in [0.1, 0.15) is 6.92 Å². The number of anilines is 1. The summed E-state index contributed by atoms with van der Waals surface area (Å²) in [6.07, 6.45) is 0. The summed E-state index contributed by atoms with van der Waals surface area (Å²) < 4.78 is 4.92. The van der Waals surface area contributed by atoms with Crippen molar-refractivity contribution in [2.24, 2.45) is 0 Å². The van der Waals surface area contributed by atoms with Gasteiger partial charge in [-0.3, -0.25) is 0 Å². The average Bonchev–Trinajstić information content (AvgIpc) is 2.27. The summed E-state index contributed by atoms with van der Waals surface area (Å²) in [6, 6.07) is 9.14. The molecule has 1 atom stereocenters. The number of para-hydroxylation sites is 1. The molecular formula is C11H15NO2S. The number of hydrogen-bond donors (Lipinski definition) is 2. The third-order valence-electron chi connectivity index (χ3n) is 1.87. The number of hydrogen-bond acceptors (Lipinski definition) is 4. The normalized spacial score (nSPS) is 11.9. The minimum absolute atomic E-state index is 0.267. The zero-order chi connectivity index (χ0) is 11.1. The highest BCUT2D eigenvalue weighted by atomic mass is 32.1. The third-order valence-corrected chi connectivity index (χ3v) is 2.23. The van der Waals surface area contributed by atoms with Crippen molar-refractivity contribution in [1.29, 1.82) is 0 Å². The molecule has 0 aromatic heterocycles.